The SMILES string of the molecule is CC(C)[C@H](N=Cc1cc([N+](=O)[O-])ccc1O)C(=O)O. The number of nitro benzene ring substituents is 1. The van der Waals surface area contributed by atoms with Crippen molar-refractivity contribution in [2.75, 3.05) is 0 Å². The van der Waals surface area contributed by atoms with Gasteiger partial charge in [-0.25, -0.2) is 4.79 Å². The van der Waals surface area contributed by atoms with E-state index in [1.54, 1.807) is 13.8 Å². The Kier molecular flexibility index (Phi) is 4.57. The van der Waals surface area contributed by atoms with Crippen molar-refractivity contribution in [1.82, 2.24) is 0 Å². The van der Waals surface area contributed by atoms with Crippen LogP contribution < -0.4 is 0 Å². The van der Waals surface area contributed by atoms with E-state index in [4.69, 9.17) is 5.11 Å². The molecule has 7 nitrogen and oxygen atoms in total. The largest absolute Gasteiger partial charge is 0.507 e. The second-order valence-electron chi connectivity index (χ2n) is 4.31. The van der Waals surface area contributed by atoms with Crippen molar-refractivity contribution in [1.29, 1.82) is 0 Å². The molecule has 0 fully saturated rings. The zero-order valence-corrected chi connectivity index (χ0v) is 10.5. The quantitative estimate of drug-likeness (QED) is 0.479. The molecule has 0 heterocycles. The third kappa shape index (κ3) is 3.77. The maximum absolute atomic E-state index is 10.9. The highest BCUT2D eigenvalue weighted by atomic mass is 16.6. The van der Waals surface area contributed by atoms with Crippen molar-refractivity contribution in [2.45, 2.75) is 19.9 Å². The van der Waals surface area contributed by atoms with E-state index in [0.29, 0.717) is 0 Å². The smallest absolute Gasteiger partial charge is 0.328 e. The number of aliphatic carboxylic acids is 1. The van der Waals surface area contributed by atoms with Crippen LogP contribution in [0.1, 0.15) is 19.4 Å². The monoisotopic (exact) mass is 266 g/mol. The highest BCUT2D eigenvalue weighted by Gasteiger charge is 2.19. The van der Waals surface area contributed by atoms with E-state index in [-0.39, 0.29) is 22.9 Å². The van der Waals surface area contributed by atoms with Gasteiger partial charge in [0.1, 0.15) is 11.8 Å². The molecular weight excluding hydrogens is 252 g/mol. The van der Waals surface area contributed by atoms with Gasteiger partial charge in [0, 0.05) is 23.9 Å². The van der Waals surface area contributed by atoms with E-state index < -0.39 is 16.9 Å². The van der Waals surface area contributed by atoms with Gasteiger partial charge in [-0.15, -0.1) is 0 Å². The van der Waals surface area contributed by atoms with Crippen LogP contribution in [0.3, 0.4) is 0 Å². The summed E-state index contributed by atoms with van der Waals surface area (Å²) < 4.78 is 0. The predicted octanol–water partition coefficient (Wildman–Crippen LogP) is 1.83. The van der Waals surface area contributed by atoms with Crippen LogP contribution in [0.4, 0.5) is 5.69 Å². The highest BCUT2D eigenvalue weighted by Crippen LogP contribution is 2.21. The summed E-state index contributed by atoms with van der Waals surface area (Å²) in [4.78, 5) is 24.8. The van der Waals surface area contributed by atoms with E-state index >= 15 is 0 Å². The van der Waals surface area contributed by atoms with E-state index in [1.165, 1.54) is 6.07 Å². The Balaban J connectivity index is 3.07. The predicted molar refractivity (Wildman–Crippen MR) is 68.6 cm³/mol. The average Bonchev–Trinajstić information content (AvgIpc) is 2.30. The molecule has 0 aliphatic rings. The van der Waals surface area contributed by atoms with Crippen LogP contribution in [-0.2, 0) is 4.79 Å². The molecule has 0 bridgehead atoms. The number of aromatic hydroxyl groups is 1. The normalized spacial score (nSPS) is 12.8. The lowest BCUT2D eigenvalue weighted by Gasteiger charge is -2.10. The number of non-ortho nitro benzene ring substituents is 1. The van der Waals surface area contributed by atoms with Gasteiger partial charge in [-0.1, -0.05) is 13.8 Å². The van der Waals surface area contributed by atoms with Crippen molar-refractivity contribution < 1.29 is 19.9 Å². The van der Waals surface area contributed by atoms with Gasteiger partial charge >= 0.3 is 5.97 Å². The first-order chi connectivity index (χ1) is 8.82. The van der Waals surface area contributed by atoms with Crippen LogP contribution in [0.2, 0.25) is 0 Å². The molecule has 7 heteroatoms. The van der Waals surface area contributed by atoms with Gasteiger partial charge in [0.05, 0.1) is 4.92 Å². The van der Waals surface area contributed by atoms with Gasteiger partial charge in [0.2, 0.25) is 0 Å². The lowest BCUT2D eigenvalue weighted by molar-refractivity contribution is -0.384. The Bertz CT molecular complexity index is 525. The maximum Gasteiger partial charge on any atom is 0.328 e. The molecule has 2 N–H and O–H groups in total. The summed E-state index contributed by atoms with van der Waals surface area (Å²) in [5.41, 5.74) is -0.0863. The molecular formula is C12H14N2O5. The summed E-state index contributed by atoms with van der Waals surface area (Å²) in [6, 6.07) is 2.51. The Hall–Kier alpha value is -2.44. The molecule has 0 aliphatic carbocycles. The number of rotatable bonds is 5. The summed E-state index contributed by atoms with van der Waals surface area (Å²) in [5.74, 6) is -1.51. The molecule has 0 saturated heterocycles. The number of phenols is 1. The number of nitrogens with zero attached hydrogens (tertiary/aromatic N) is 2. The third-order valence-electron chi connectivity index (χ3n) is 2.48. The van der Waals surface area contributed by atoms with Crippen molar-refractivity contribution in [3.05, 3.63) is 33.9 Å². The molecule has 102 valence electrons. The maximum atomic E-state index is 10.9. The number of hydrogen-bond acceptors (Lipinski definition) is 5. The second-order valence-corrected chi connectivity index (χ2v) is 4.31. The van der Waals surface area contributed by atoms with E-state index in [1.807, 2.05) is 0 Å². The van der Waals surface area contributed by atoms with E-state index in [9.17, 15) is 20.0 Å². The van der Waals surface area contributed by atoms with Gasteiger partial charge in [-0.2, -0.15) is 0 Å². The molecule has 0 saturated carbocycles. The third-order valence-corrected chi connectivity index (χ3v) is 2.48. The Labute approximate surface area is 109 Å². The first kappa shape index (κ1) is 14.6. The standard InChI is InChI=1S/C12H14N2O5/c1-7(2)11(12(16)17)13-6-8-5-9(14(18)19)3-4-10(8)15/h3-7,11,15H,1-2H3,(H,16,17)/t11-/m0/s1. The molecule has 0 unspecified atom stereocenters. The average molecular weight is 266 g/mol. The molecule has 1 aromatic carbocycles. The van der Waals surface area contributed by atoms with Crippen LogP contribution in [0.15, 0.2) is 23.2 Å². The summed E-state index contributed by atoms with van der Waals surface area (Å²) in [6.07, 6.45) is 1.14. The summed E-state index contributed by atoms with van der Waals surface area (Å²) in [6.45, 7) is 3.40. The van der Waals surface area contributed by atoms with Crippen LogP contribution >= 0.6 is 0 Å². The van der Waals surface area contributed by atoms with Gasteiger partial charge < -0.3 is 10.2 Å². The minimum absolute atomic E-state index is 0.112. The Morgan fingerprint density at radius 3 is 2.58 bits per heavy atom. The fourth-order valence-corrected chi connectivity index (χ4v) is 1.44. The lowest BCUT2D eigenvalue weighted by atomic mass is 10.1. The first-order valence-electron chi connectivity index (χ1n) is 5.56. The molecule has 0 radical (unpaired) electrons. The van der Waals surface area contributed by atoms with Crippen molar-refractivity contribution in [2.24, 2.45) is 10.9 Å². The number of carboxylic acid groups (broad SMARTS) is 1. The number of carbonyl (C=O) groups is 1. The molecule has 0 spiro atoms. The van der Waals surface area contributed by atoms with Crippen molar-refractivity contribution in [3.8, 4) is 5.75 Å². The number of carboxylic acids is 1. The second kappa shape index (κ2) is 5.94. The summed E-state index contributed by atoms with van der Waals surface area (Å²) >= 11 is 0. The van der Waals surface area contributed by atoms with Crippen LogP contribution in [0.25, 0.3) is 0 Å². The number of nitro groups is 1. The fourth-order valence-electron chi connectivity index (χ4n) is 1.44. The van der Waals surface area contributed by atoms with Crippen molar-refractivity contribution in [3.63, 3.8) is 0 Å². The van der Waals surface area contributed by atoms with Gasteiger partial charge in [0.25, 0.3) is 5.69 Å². The van der Waals surface area contributed by atoms with E-state index in [2.05, 4.69) is 4.99 Å². The van der Waals surface area contributed by atoms with E-state index in [0.717, 1.165) is 18.3 Å². The molecule has 19 heavy (non-hydrogen) atoms. The zero-order chi connectivity index (χ0) is 14.6. The topological polar surface area (TPSA) is 113 Å². The summed E-state index contributed by atoms with van der Waals surface area (Å²) in [5, 5.41) is 29.1. The lowest BCUT2D eigenvalue weighted by Crippen LogP contribution is -2.24. The van der Waals surface area contributed by atoms with Crippen molar-refractivity contribution >= 4 is 17.9 Å². The number of phenolic OH excluding ortho intramolecular Hbond substituents is 1. The molecule has 1 atom stereocenters. The first-order valence-corrected chi connectivity index (χ1v) is 5.56. The van der Waals surface area contributed by atoms with Crippen LogP contribution in [-0.4, -0.2) is 33.4 Å². The molecule has 0 aromatic heterocycles. The Morgan fingerprint density at radius 2 is 2.11 bits per heavy atom. The highest BCUT2D eigenvalue weighted by molar-refractivity contribution is 5.86. The number of benzene rings is 1. The van der Waals surface area contributed by atoms with Gasteiger partial charge in [-0.05, 0) is 12.0 Å². The number of aliphatic imine (C=N–C) groups is 1. The van der Waals surface area contributed by atoms with Crippen LogP contribution in [0, 0.1) is 16.0 Å². The summed E-state index contributed by atoms with van der Waals surface area (Å²) in [7, 11) is 0. The number of hydrogen-bond donors (Lipinski definition) is 2. The van der Waals surface area contributed by atoms with Gasteiger partial charge in [-0.3, -0.25) is 15.1 Å². The molecule has 0 amide bonds. The molecule has 1 rings (SSSR count). The van der Waals surface area contributed by atoms with Gasteiger partial charge in [0.15, 0.2) is 0 Å². The Morgan fingerprint density at radius 1 is 1.47 bits per heavy atom. The molecule has 1 aromatic rings. The minimum Gasteiger partial charge on any atom is -0.507 e. The minimum atomic E-state index is -1.09. The van der Waals surface area contributed by atoms with Crippen LogP contribution in [0.5, 0.6) is 5.75 Å². The zero-order valence-electron chi connectivity index (χ0n) is 10.5. The molecule has 0 aliphatic heterocycles. The fraction of sp³-hybridized carbons (Fsp3) is 0.333.